The van der Waals surface area contributed by atoms with Gasteiger partial charge in [-0.25, -0.2) is 4.79 Å². The van der Waals surface area contributed by atoms with E-state index in [-0.39, 0.29) is 0 Å². The zero-order valence-corrected chi connectivity index (χ0v) is 8.64. The minimum Gasteiger partial charge on any atom is -0.462 e. The molecule has 0 saturated carbocycles. The van der Waals surface area contributed by atoms with Gasteiger partial charge in [0.25, 0.3) is 0 Å². The minimum atomic E-state index is -0.432. The number of nitrogens with one attached hydrogen (secondary N) is 1. The van der Waals surface area contributed by atoms with Gasteiger partial charge in [0.05, 0.1) is 13.2 Å². The van der Waals surface area contributed by atoms with Crippen LogP contribution in [0, 0.1) is 0 Å². The minimum absolute atomic E-state index is 0.365. The molecule has 0 radical (unpaired) electrons. The van der Waals surface area contributed by atoms with Gasteiger partial charge in [0.2, 0.25) is 0 Å². The van der Waals surface area contributed by atoms with Gasteiger partial charge in [-0.3, -0.25) is 0 Å². The van der Waals surface area contributed by atoms with Crippen molar-refractivity contribution in [1.29, 1.82) is 0 Å². The lowest BCUT2D eigenvalue weighted by molar-refractivity contribution is -0.134. The number of carbonyl (C=O) groups is 1. The summed E-state index contributed by atoms with van der Waals surface area (Å²) in [5.74, 6) is -0.432. The van der Waals surface area contributed by atoms with E-state index in [9.17, 15) is 4.79 Å². The first-order valence-electron chi connectivity index (χ1n) is 4.79. The average molecular weight is 206 g/mol. The highest BCUT2D eigenvalue weighted by Crippen LogP contribution is 1.96. The molecule has 0 heterocycles. The maximum absolute atomic E-state index is 10.8. The first-order chi connectivity index (χ1) is 7.33. The first kappa shape index (κ1) is 11.2. The molecule has 0 atom stereocenters. The number of rotatable bonds is 5. The largest absolute Gasteiger partial charge is 0.462 e. The molecule has 4 nitrogen and oxygen atoms in total. The second-order valence-electron chi connectivity index (χ2n) is 2.83. The Kier molecular flexibility index (Phi) is 4.94. The Balaban J connectivity index is 2.24. The maximum atomic E-state index is 10.8. The molecule has 0 fully saturated rings. The maximum Gasteiger partial charge on any atom is 0.351 e. The highest BCUT2D eigenvalue weighted by Gasteiger charge is 1.93. The molecule has 0 amide bonds. The van der Waals surface area contributed by atoms with Crippen molar-refractivity contribution in [3.8, 4) is 0 Å². The molecule has 1 aromatic rings. The summed E-state index contributed by atoms with van der Waals surface area (Å²) >= 11 is 0. The number of esters is 1. The molecule has 1 rings (SSSR count). The van der Waals surface area contributed by atoms with E-state index in [2.05, 4.69) is 15.3 Å². The van der Waals surface area contributed by atoms with Gasteiger partial charge in [0, 0.05) is 0 Å². The number of ether oxygens (including phenoxy) is 1. The van der Waals surface area contributed by atoms with Crippen LogP contribution in [-0.2, 0) is 16.1 Å². The van der Waals surface area contributed by atoms with Crippen molar-refractivity contribution in [2.45, 2.75) is 13.5 Å². The molecule has 15 heavy (non-hydrogen) atoms. The SMILES string of the molecule is CCOC(=O)/C=N/NCc1ccccc1. The molecule has 0 bridgehead atoms. The lowest BCUT2D eigenvalue weighted by Gasteiger charge is -1.99. The van der Waals surface area contributed by atoms with Crippen LogP contribution in [0.3, 0.4) is 0 Å². The van der Waals surface area contributed by atoms with Gasteiger partial charge in [-0.05, 0) is 12.5 Å². The molecule has 4 heteroatoms. The number of hydrazone groups is 1. The fourth-order valence-electron chi connectivity index (χ4n) is 1.01. The highest BCUT2D eigenvalue weighted by atomic mass is 16.5. The van der Waals surface area contributed by atoms with E-state index in [0.717, 1.165) is 11.8 Å². The third-order valence-electron chi connectivity index (χ3n) is 1.67. The molecule has 1 aromatic carbocycles. The molecule has 0 aliphatic rings. The third-order valence-corrected chi connectivity index (χ3v) is 1.67. The summed E-state index contributed by atoms with van der Waals surface area (Å²) in [5.41, 5.74) is 3.87. The molecule has 0 aromatic heterocycles. The summed E-state index contributed by atoms with van der Waals surface area (Å²) in [7, 11) is 0. The van der Waals surface area contributed by atoms with Crippen molar-refractivity contribution in [3.05, 3.63) is 35.9 Å². The van der Waals surface area contributed by atoms with Gasteiger partial charge in [-0.1, -0.05) is 30.3 Å². The molecule has 80 valence electrons. The van der Waals surface area contributed by atoms with Crippen LogP contribution in [0.25, 0.3) is 0 Å². The van der Waals surface area contributed by atoms with E-state index in [1.807, 2.05) is 30.3 Å². The predicted molar refractivity (Wildman–Crippen MR) is 58.4 cm³/mol. The van der Waals surface area contributed by atoms with E-state index in [1.54, 1.807) is 6.92 Å². The van der Waals surface area contributed by atoms with E-state index >= 15 is 0 Å². The van der Waals surface area contributed by atoms with Crippen molar-refractivity contribution in [1.82, 2.24) is 5.43 Å². The Morgan fingerprint density at radius 3 is 2.87 bits per heavy atom. The zero-order valence-electron chi connectivity index (χ0n) is 8.64. The lowest BCUT2D eigenvalue weighted by atomic mass is 10.2. The third kappa shape index (κ3) is 4.81. The van der Waals surface area contributed by atoms with Crippen LogP contribution in [0.5, 0.6) is 0 Å². The van der Waals surface area contributed by atoms with Crippen molar-refractivity contribution in [2.24, 2.45) is 5.10 Å². The van der Waals surface area contributed by atoms with E-state index in [0.29, 0.717) is 13.2 Å². The average Bonchev–Trinajstić information content (AvgIpc) is 2.26. The van der Waals surface area contributed by atoms with Crippen LogP contribution in [0.15, 0.2) is 35.4 Å². The van der Waals surface area contributed by atoms with Gasteiger partial charge < -0.3 is 10.2 Å². The predicted octanol–water partition coefficient (Wildman–Crippen LogP) is 1.33. The Labute approximate surface area is 88.9 Å². The summed E-state index contributed by atoms with van der Waals surface area (Å²) < 4.78 is 4.67. The summed E-state index contributed by atoms with van der Waals surface area (Å²) in [4.78, 5) is 10.8. The van der Waals surface area contributed by atoms with Crippen molar-refractivity contribution in [3.63, 3.8) is 0 Å². The van der Waals surface area contributed by atoms with E-state index < -0.39 is 5.97 Å². The summed E-state index contributed by atoms with van der Waals surface area (Å²) in [6.07, 6.45) is 1.13. The van der Waals surface area contributed by atoms with Crippen LogP contribution < -0.4 is 5.43 Å². The van der Waals surface area contributed by atoms with Crippen molar-refractivity contribution in [2.75, 3.05) is 6.61 Å². The van der Waals surface area contributed by atoms with E-state index in [4.69, 9.17) is 0 Å². The van der Waals surface area contributed by atoms with Gasteiger partial charge >= 0.3 is 5.97 Å². The van der Waals surface area contributed by atoms with Crippen LogP contribution in [0.2, 0.25) is 0 Å². The zero-order chi connectivity index (χ0) is 10.9. The summed E-state index contributed by atoms with van der Waals surface area (Å²) in [6.45, 7) is 2.71. The molecular weight excluding hydrogens is 192 g/mol. The quantitative estimate of drug-likeness (QED) is 0.449. The topological polar surface area (TPSA) is 50.7 Å². The van der Waals surface area contributed by atoms with Crippen molar-refractivity contribution >= 4 is 12.2 Å². The molecule has 1 N–H and O–H groups in total. The smallest absolute Gasteiger partial charge is 0.351 e. The Hall–Kier alpha value is -1.84. The number of hydrogen-bond donors (Lipinski definition) is 1. The summed E-state index contributed by atoms with van der Waals surface area (Å²) in [6, 6.07) is 9.81. The highest BCUT2D eigenvalue weighted by molar-refractivity contribution is 6.23. The fraction of sp³-hybridized carbons (Fsp3) is 0.273. The molecule has 0 aliphatic carbocycles. The normalized spacial score (nSPS) is 10.2. The first-order valence-corrected chi connectivity index (χ1v) is 4.79. The number of benzene rings is 1. The van der Waals surface area contributed by atoms with Crippen molar-refractivity contribution < 1.29 is 9.53 Å². The summed E-state index contributed by atoms with van der Waals surface area (Å²) in [5, 5.41) is 3.74. The van der Waals surface area contributed by atoms with Crippen LogP contribution in [0.1, 0.15) is 12.5 Å². The van der Waals surface area contributed by atoms with Crippen LogP contribution >= 0.6 is 0 Å². The molecule has 0 spiro atoms. The Bertz CT molecular complexity index is 323. The van der Waals surface area contributed by atoms with Gasteiger partial charge in [0.15, 0.2) is 0 Å². The Morgan fingerprint density at radius 1 is 1.47 bits per heavy atom. The number of nitrogens with zero attached hydrogens (tertiary/aromatic N) is 1. The molecule has 0 unspecified atom stereocenters. The fourth-order valence-corrected chi connectivity index (χ4v) is 1.01. The lowest BCUT2D eigenvalue weighted by Crippen LogP contribution is -2.10. The van der Waals surface area contributed by atoms with Gasteiger partial charge in [-0.2, -0.15) is 5.10 Å². The second kappa shape index (κ2) is 6.59. The second-order valence-corrected chi connectivity index (χ2v) is 2.83. The monoisotopic (exact) mass is 206 g/mol. The van der Waals surface area contributed by atoms with E-state index in [1.165, 1.54) is 0 Å². The standard InChI is InChI=1S/C11H14N2O2/c1-2-15-11(14)9-13-12-8-10-6-4-3-5-7-10/h3-7,9,12H,2,8H2,1H3/b13-9+. The van der Waals surface area contributed by atoms with Crippen LogP contribution in [0.4, 0.5) is 0 Å². The molecule has 0 saturated heterocycles. The number of carbonyl (C=O) groups excluding carboxylic acids is 1. The Morgan fingerprint density at radius 2 is 2.20 bits per heavy atom. The van der Waals surface area contributed by atoms with Gasteiger partial charge in [-0.15, -0.1) is 0 Å². The van der Waals surface area contributed by atoms with Crippen LogP contribution in [-0.4, -0.2) is 18.8 Å². The molecule has 0 aliphatic heterocycles. The van der Waals surface area contributed by atoms with Gasteiger partial charge in [0.1, 0.15) is 6.21 Å². The molecular formula is C11H14N2O2. The number of hydrogen-bond acceptors (Lipinski definition) is 4.